The summed E-state index contributed by atoms with van der Waals surface area (Å²) in [5, 5.41) is 0.424. The number of rotatable bonds is 7. The van der Waals surface area contributed by atoms with Gasteiger partial charge in [-0.15, -0.1) is 0 Å². The van der Waals surface area contributed by atoms with Crippen molar-refractivity contribution in [3.63, 3.8) is 0 Å². The Bertz CT molecular complexity index is 1470. The fraction of sp³-hybridized carbons (Fsp3) is 0.241. The van der Waals surface area contributed by atoms with E-state index in [1.165, 1.54) is 30.3 Å². The summed E-state index contributed by atoms with van der Waals surface area (Å²) in [4.78, 5) is 21.4. The number of hydrogen-bond acceptors (Lipinski definition) is 5. The van der Waals surface area contributed by atoms with Gasteiger partial charge in [-0.05, 0) is 80.4 Å². The number of halogens is 3. The first-order valence-corrected chi connectivity index (χ1v) is 12.1. The third-order valence-electron chi connectivity index (χ3n) is 6.62. The van der Waals surface area contributed by atoms with Crippen molar-refractivity contribution >= 4 is 39.6 Å². The molecule has 4 aromatic rings. The van der Waals surface area contributed by atoms with Gasteiger partial charge in [0, 0.05) is 36.8 Å². The molecule has 3 aromatic carbocycles. The van der Waals surface area contributed by atoms with Gasteiger partial charge in [-0.3, -0.25) is 4.98 Å². The van der Waals surface area contributed by atoms with Crippen LogP contribution in [0.3, 0.4) is 0 Å². The average Bonchev–Trinajstić information content (AvgIpc) is 3.73. The molecule has 1 aromatic heterocycles. The van der Waals surface area contributed by atoms with Crippen LogP contribution in [-0.2, 0) is 4.74 Å². The molecule has 1 aliphatic rings. The smallest absolute Gasteiger partial charge is 0.342 e. The zero-order chi connectivity index (χ0) is 26.3. The summed E-state index contributed by atoms with van der Waals surface area (Å²) < 4.78 is 48.2. The van der Waals surface area contributed by atoms with E-state index in [9.17, 15) is 13.6 Å². The maximum Gasteiger partial charge on any atom is 0.342 e. The van der Waals surface area contributed by atoms with E-state index >= 15 is 4.39 Å². The fourth-order valence-corrected chi connectivity index (χ4v) is 4.53. The molecule has 37 heavy (non-hydrogen) atoms. The van der Waals surface area contributed by atoms with Gasteiger partial charge in [0.15, 0.2) is 0 Å². The quantitative estimate of drug-likeness (QED) is 0.248. The summed E-state index contributed by atoms with van der Waals surface area (Å²) in [5.74, 6) is -1.75. The first-order valence-electron chi connectivity index (χ1n) is 12.1. The van der Waals surface area contributed by atoms with Crippen LogP contribution in [0.15, 0.2) is 60.7 Å². The Morgan fingerprint density at radius 2 is 1.49 bits per heavy atom. The molecule has 1 heterocycles. The van der Waals surface area contributed by atoms with Gasteiger partial charge in [-0.1, -0.05) is 0 Å². The molecule has 190 valence electrons. The van der Waals surface area contributed by atoms with Gasteiger partial charge in [0.2, 0.25) is 0 Å². The zero-order valence-corrected chi connectivity index (χ0v) is 20.8. The summed E-state index contributed by atoms with van der Waals surface area (Å²) in [7, 11) is 3.44. The van der Waals surface area contributed by atoms with Gasteiger partial charge in [0.25, 0.3) is 0 Å². The molecule has 0 spiro atoms. The number of nitrogens with zero attached hydrogens (tertiary/aromatic N) is 3. The van der Waals surface area contributed by atoms with Crippen molar-refractivity contribution in [1.82, 2.24) is 4.98 Å². The highest BCUT2D eigenvalue weighted by atomic mass is 19.1. The Morgan fingerprint density at radius 1 is 0.919 bits per heavy atom. The molecule has 0 N–H and O–H groups in total. The predicted octanol–water partition coefficient (Wildman–Crippen LogP) is 7.24. The Hall–Kier alpha value is -4.07. The summed E-state index contributed by atoms with van der Waals surface area (Å²) in [6.45, 7) is 1.90. The highest BCUT2D eigenvalue weighted by molar-refractivity contribution is 6.08. The first-order chi connectivity index (χ1) is 17.8. The molecule has 1 aliphatic carbocycles. The van der Waals surface area contributed by atoms with Gasteiger partial charge in [-0.25, -0.2) is 18.0 Å². The van der Waals surface area contributed by atoms with Gasteiger partial charge in [-0.2, -0.15) is 0 Å². The summed E-state index contributed by atoms with van der Waals surface area (Å²) in [6.07, 6.45) is 1.77. The highest BCUT2D eigenvalue weighted by Crippen LogP contribution is 2.47. The second kappa shape index (κ2) is 9.76. The monoisotopic (exact) mass is 505 g/mol. The largest absolute Gasteiger partial charge is 0.462 e. The minimum atomic E-state index is -0.538. The molecule has 0 amide bonds. The van der Waals surface area contributed by atoms with Crippen LogP contribution in [0.1, 0.15) is 41.7 Å². The number of pyridine rings is 1. The Balaban J connectivity index is 1.75. The van der Waals surface area contributed by atoms with Gasteiger partial charge in [0.1, 0.15) is 23.0 Å². The van der Waals surface area contributed by atoms with E-state index in [2.05, 4.69) is 0 Å². The molecule has 0 bridgehead atoms. The lowest BCUT2D eigenvalue weighted by atomic mass is 10.0. The molecule has 1 fully saturated rings. The number of aromatic nitrogens is 1. The van der Waals surface area contributed by atoms with Crippen molar-refractivity contribution < 1.29 is 22.7 Å². The number of esters is 1. The number of benzene rings is 3. The number of carbonyl (C=O) groups is 1. The van der Waals surface area contributed by atoms with E-state index in [4.69, 9.17) is 9.72 Å². The molecular weight excluding hydrogens is 479 g/mol. The van der Waals surface area contributed by atoms with E-state index in [1.54, 1.807) is 61.2 Å². The minimum Gasteiger partial charge on any atom is -0.462 e. The standard InChI is InChI=1S/C29H26F3N3O2/c1-4-37-29(36)26-27(17-5-6-17)33-24-16-25(34(2)20-11-7-18(30)8-12-20)23(32)15-22(24)28(26)35(3)21-13-9-19(31)10-14-21/h7-17H,4-6H2,1-3H3. The van der Waals surface area contributed by atoms with Crippen LogP contribution in [0.2, 0.25) is 0 Å². The summed E-state index contributed by atoms with van der Waals surface area (Å²) >= 11 is 0. The van der Waals surface area contributed by atoms with Gasteiger partial charge in [0.05, 0.1) is 29.2 Å². The van der Waals surface area contributed by atoms with Crippen LogP contribution >= 0.6 is 0 Å². The Morgan fingerprint density at radius 3 is 2.03 bits per heavy atom. The second-order valence-corrected chi connectivity index (χ2v) is 9.11. The van der Waals surface area contributed by atoms with E-state index < -0.39 is 11.8 Å². The number of carbonyl (C=O) groups excluding carboxylic acids is 1. The molecule has 5 nitrogen and oxygen atoms in total. The lowest BCUT2D eigenvalue weighted by molar-refractivity contribution is 0.0525. The topological polar surface area (TPSA) is 45.7 Å². The SMILES string of the molecule is CCOC(=O)c1c(C2CC2)nc2cc(N(C)c3ccc(F)cc3)c(F)cc2c1N(C)c1ccc(F)cc1. The Kier molecular flexibility index (Phi) is 6.50. The van der Waals surface area contributed by atoms with Crippen molar-refractivity contribution in [3.05, 3.63) is 89.4 Å². The number of fused-ring (bicyclic) bond motifs is 1. The van der Waals surface area contributed by atoms with Crippen LogP contribution in [0.25, 0.3) is 10.9 Å². The molecule has 0 atom stereocenters. The number of anilines is 4. The summed E-state index contributed by atoms with van der Waals surface area (Å²) in [6, 6.07) is 14.6. The van der Waals surface area contributed by atoms with Crippen LogP contribution in [0, 0.1) is 17.5 Å². The van der Waals surface area contributed by atoms with Crippen molar-refractivity contribution in [2.75, 3.05) is 30.5 Å². The van der Waals surface area contributed by atoms with E-state index in [1.807, 2.05) is 0 Å². The molecule has 0 aliphatic heterocycles. The average molecular weight is 506 g/mol. The van der Waals surface area contributed by atoms with Crippen LogP contribution in [0.5, 0.6) is 0 Å². The molecule has 8 heteroatoms. The number of ether oxygens (including phenoxy) is 1. The normalized spacial score (nSPS) is 13.0. The molecule has 0 saturated heterocycles. The zero-order valence-electron chi connectivity index (χ0n) is 20.8. The molecule has 0 radical (unpaired) electrons. The molecule has 0 unspecified atom stereocenters. The van der Waals surface area contributed by atoms with E-state index in [-0.39, 0.29) is 29.8 Å². The third kappa shape index (κ3) is 4.71. The molecular formula is C29H26F3N3O2. The van der Waals surface area contributed by atoms with Crippen LogP contribution in [-0.4, -0.2) is 31.7 Å². The van der Waals surface area contributed by atoms with Crippen LogP contribution < -0.4 is 9.80 Å². The van der Waals surface area contributed by atoms with Crippen molar-refractivity contribution in [1.29, 1.82) is 0 Å². The maximum atomic E-state index is 15.7. The van der Waals surface area contributed by atoms with Gasteiger partial charge < -0.3 is 14.5 Å². The second-order valence-electron chi connectivity index (χ2n) is 9.11. The minimum absolute atomic E-state index is 0.0903. The number of hydrogen-bond donors (Lipinski definition) is 0. The predicted molar refractivity (Wildman–Crippen MR) is 139 cm³/mol. The van der Waals surface area contributed by atoms with E-state index in [0.717, 1.165) is 12.8 Å². The fourth-order valence-electron chi connectivity index (χ4n) is 4.53. The molecule has 1 saturated carbocycles. The molecule has 5 rings (SSSR count). The Labute approximate surface area is 213 Å². The highest BCUT2D eigenvalue weighted by Gasteiger charge is 2.35. The van der Waals surface area contributed by atoms with Crippen molar-refractivity contribution in [2.24, 2.45) is 0 Å². The first kappa shape index (κ1) is 24.6. The lowest BCUT2D eigenvalue weighted by Crippen LogP contribution is -2.19. The third-order valence-corrected chi connectivity index (χ3v) is 6.62. The maximum absolute atomic E-state index is 15.7. The van der Waals surface area contributed by atoms with Crippen molar-refractivity contribution in [2.45, 2.75) is 25.7 Å². The van der Waals surface area contributed by atoms with E-state index in [0.29, 0.717) is 39.2 Å². The van der Waals surface area contributed by atoms with Crippen LogP contribution in [0.4, 0.5) is 35.9 Å². The lowest BCUT2D eigenvalue weighted by Gasteiger charge is -2.27. The van der Waals surface area contributed by atoms with Gasteiger partial charge >= 0.3 is 5.97 Å². The van der Waals surface area contributed by atoms with Crippen molar-refractivity contribution in [3.8, 4) is 0 Å². The summed E-state index contributed by atoms with van der Waals surface area (Å²) in [5.41, 5.74) is 3.34.